The fraction of sp³-hybridized carbons (Fsp3) is 0.476. The molecule has 2 aliphatic heterocycles. The van der Waals surface area contributed by atoms with E-state index in [0.717, 1.165) is 55.1 Å². The van der Waals surface area contributed by atoms with Gasteiger partial charge in [-0.3, -0.25) is 4.79 Å². The van der Waals surface area contributed by atoms with E-state index in [1.807, 2.05) is 23.1 Å². The molecule has 1 aromatic carbocycles. The molecule has 1 N–H and O–H groups in total. The van der Waals surface area contributed by atoms with E-state index < -0.39 is 0 Å². The third-order valence-electron chi connectivity index (χ3n) is 5.13. The Hall–Kier alpha value is -2.83. The Bertz CT molecular complexity index is 842. The van der Waals surface area contributed by atoms with Gasteiger partial charge in [-0.1, -0.05) is 13.3 Å². The van der Waals surface area contributed by atoms with E-state index in [9.17, 15) is 4.79 Å². The molecule has 3 heterocycles. The third-order valence-corrected chi connectivity index (χ3v) is 5.13. The Morgan fingerprint density at radius 3 is 3.00 bits per heavy atom. The number of benzene rings is 1. The van der Waals surface area contributed by atoms with E-state index >= 15 is 0 Å². The van der Waals surface area contributed by atoms with Gasteiger partial charge < -0.3 is 19.7 Å². The Morgan fingerprint density at radius 2 is 2.14 bits per heavy atom. The largest absolute Gasteiger partial charge is 0.486 e. The molecule has 1 saturated heterocycles. The van der Waals surface area contributed by atoms with Crippen LogP contribution >= 0.6 is 0 Å². The number of aromatic nitrogens is 2. The number of carbonyl (C=O) groups is 1. The summed E-state index contributed by atoms with van der Waals surface area (Å²) in [5.74, 6) is 1.58. The second kappa shape index (κ2) is 8.46. The fourth-order valence-corrected chi connectivity index (χ4v) is 3.79. The molecule has 0 unspecified atom stereocenters. The molecule has 1 atom stereocenters. The average molecular weight is 382 g/mol. The highest BCUT2D eigenvalue weighted by Gasteiger charge is 2.26. The van der Waals surface area contributed by atoms with Gasteiger partial charge in [0, 0.05) is 37.1 Å². The summed E-state index contributed by atoms with van der Waals surface area (Å²) >= 11 is 0. The molecule has 2 aliphatic rings. The fourth-order valence-electron chi connectivity index (χ4n) is 3.79. The van der Waals surface area contributed by atoms with Gasteiger partial charge in [0.2, 0.25) is 0 Å². The van der Waals surface area contributed by atoms with Crippen molar-refractivity contribution in [2.75, 3.05) is 31.6 Å². The van der Waals surface area contributed by atoms with Crippen molar-refractivity contribution >= 4 is 11.6 Å². The molecule has 28 heavy (non-hydrogen) atoms. The van der Waals surface area contributed by atoms with Crippen LogP contribution in [0.3, 0.4) is 0 Å². The molecule has 1 amide bonds. The molecule has 1 aromatic heterocycles. The molecule has 0 spiro atoms. The zero-order valence-corrected chi connectivity index (χ0v) is 16.2. The van der Waals surface area contributed by atoms with Crippen molar-refractivity contribution in [2.24, 2.45) is 0 Å². The highest BCUT2D eigenvalue weighted by Crippen LogP contribution is 2.33. The zero-order valence-electron chi connectivity index (χ0n) is 16.2. The van der Waals surface area contributed by atoms with Crippen molar-refractivity contribution in [1.29, 1.82) is 0 Å². The van der Waals surface area contributed by atoms with Crippen molar-refractivity contribution in [3.05, 3.63) is 42.0 Å². The summed E-state index contributed by atoms with van der Waals surface area (Å²) in [6.07, 6.45) is 6.89. The molecule has 0 saturated carbocycles. The van der Waals surface area contributed by atoms with Gasteiger partial charge in [0.25, 0.3) is 5.91 Å². The van der Waals surface area contributed by atoms with Gasteiger partial charge >= 0.3 is 0 Å². The number of nitrogens with one attached hydrogen (secondary N) is 1. The van der Waals surface area contributed by atoms with Crippen molar-refractivity contribution in [2.45, 2.75) is 38.6 Å². The van der Waals surface area contributed by atoms with E-state index in [1.54, 1.807) is 6.20 Å². The highest BCUT2D eigenvalue weighted by molar-refractivity contribution is 5.95. The summed E-state index contributed by atoms with van der Waals surface area (Å²) in [5.41, 5.74) is 2.45. The van der Waals surface area contributed by atoms with Crippen LogP contribution in [0.1, 0.15) is 42.2 Å². The highest BCUT2D eigenvalue weighted by atomic mass is 16.6. The second-order valence-electron chi connectivity index (χ2n) is 7.23. The van der Waals surface area contributed by atoms with E-state index in [0.29, 0.717) is 25.3 Å². The molecule has 0 aliphatic carbocycles. The van der Waals surface area contributed by atoms with Crippen LogP contribution in [0, 0.1) is 0 Å². The van der Waals surface area contributed by atoms with Crippen LogP contribution in [-0.2, 0) is 6.42 Å². The number of hydrogen-bond acceptors (Lipinski definition) is 6. The predicted molar refractivity (Wildman–Crippen MR) is 106 cm³/mol. The maximum atomic E-state index is 13.1. The smallest absolute Gasteiger partial charge is 0.257 e. The quantitative estimate of drug-likeness (QED) is 0.857. The minimum absolute atomic E-state index is 0.0257. The summed E-state index contributed by atoms with van der Waals surface area (Å²) in [7, 11) is 0. The first kappa shape index (κ1) is 18.5. The number of hydrogen-bond donors (Lipinski definition) is 1. The van der Waals surface area contributed by atoms with Gasteiger partial charge in [-0.15, -0.1) is 0 Å². The van der Waals surface area contributed by atoms with Gasteiger partial charge in [0.15, 0.2) is 11.5 Å². The normalized spacial score (nSPS) is 18.6. The molecule has 2 aromatic rings. The number of fused-ring (bicyclic) bond motifs is 1. The average Bonchev–Trinajstić information content (AvgIpc) is 2.74. The van der Waals surface area contributed by atoms with Gasteiger partial charge in [-0.2, -0.15) is 0 Å². The third kappa shape index (κ3) is 4.03. The van der Waals surface area contributed by atoms with E-state index in [-0.39, 0.29) is 11.9 Å². The van der Waals surface area contributed by atoms with Crippen molar-refractivity contribution < 1.29 is 14.3 Å². The van der Waals surface area contributed by atoms with Crippen LogP contribution in [0.25, 0.3) is 0 Å². The Labute approximate surface area is 165 Å². The molecule has 7 heteroatoms. The number of nitrogens with zero attached hydrogens (tertiary/aromatic N) is 3. The lowest BCUT2D eigenvalue weighted by atomic mass is 10.0. The first-order valence-electron chi connectivity index (χ1n) is 9.99. The number of likely N-dealkylation sites (tertiary alicyclic amines) is 1. The summed E-state index contributed by atoms with van der Waals surface area (Å²) in [5, 5.41) is 3.55. The molecular weight excluding hydrogens is 356 g/mol. The standard InChI is InChI=1S/C21H26N4O3/c1-2-4-18-17(12-22-14-23-18)21(26)25-8-3-5-16(13-25)24-15-6-7-19-20(11-15)28-10-9-27-19/h6-7,11-12,14,16,24H,2-5,8-10,13H2,1H3/t16-/m0/s1. The summed E-state index contributed by atoms with van der Waals surface area (Å²) in [4.78, 5) is 23.4. The minimum atomic E-state index is 0.0257. The topological polar surface area (TPSA) is 76.6 Å². The Kier molecular flexibility index (Phi) is 5.60. The first-order chi connectivity index (χ1) is 13.7. The zero-order chi connectivity index (χ0) is 19.3. The van der Waals surface area contributed by atoms with E-state index in [1.165, 1.54) is 6.33 Å². The lowest BCUT2D eigenvalue weighted by Gasteiger charge is -2.34. The van der Waals surface area contributed by atoms with Gasteiger partial charge in [-0.25, -0.2) is 9.97 Å². The Morgan fingerprint density at radius 1 is 1.29 bits per heavy atom. The molecule has 0 bridgehead atoms. The van der Waals surface area contributed by atoms with Gasteiger partial charge in [0.1, 0.15) is 19.5 Å². The van der Waals surface area contributed by atoms with Gasteiger partial charge in [-0.05, 0) is 31.4 Å². The van der Waals surface area contributed by atoms with Crippen molar-refractivity contribution in [3.8, 4) is 11.5 Å². The Balaban J connectivity index is 1.44. The minimum Gasteiger partial charge on any atom is -0.486 e. The van der Waals surface area contributed by atoms with Crippen LogP contribution in [0.5, 0.6) is 11.5 Å². The lowest BCUT2D eigenvalue weighted by Crippen LogP contribution is -2.45. The number of piperidine rings is 1. The summed E-state index contributed by atoms with van der Waals surface area (Å²) < 4.78 is 11.2. The van der Waals surface area contributed by atoms with E-state index in [2.05, 4.69) is 22.2 Å². The second-order valence-corrected chi connectivity index (χ2v) is 7.23. The maximum absolute atomic E-state index is 13.1. The number of amides is 1. The summed E-state index contributed by atoms with van der Waals surface area (Å²) in [6.45, 7) is 4.67. The lowest BCUT2D eigenvalue weighted by molar-refractivity contribution is 0.0712. The number of anilines is 1. The maximum Gasteiger partial charge on any atom is 0.257 e. The van der Waals surface area contributed by atoms with E-state index in [4.69, 9.17) is 9.47 Å². The summed E-state index contributed by atoms with van der Waals surface area (Å²) in [6, 6.07) is 6.10. The molecule has 7 nitrogen and oxygen atoms in total. The van der Waals surface area contributed by atoms with Crippen molar-refractivity contribution in [3.63, 3.8) is 0 Å². The van der Waals surface area contributed by atoms with Gasteiger partial charge in [0.05, 0.1) is 11.3 Å². The number of aryl methyl sites for hydroxylation is 1. The molecular formula is C21H26N4O3. The van der Waals surface area contributed by atoms with Crippen molar-refractivity contribution in [1.82, 2.24) is 14.9 Å². The number of carbonyl (C=O) groups excluding carboxylic acids is 1. The molecule has 4 rings (SSSR count). The number of ether oxygens (including phenoxy) is 2. The SMILES string of the molecule is CCCc1ncncc1C(=O)N1CCC[C@H](Nc2ccc3c(c2)OCCO3)C1. The van der Waals surface area contributed by atoms with Crippen LogP contribution in [0.4, 0.5) is 5.69 Å². The monoisotopic (exact) mass is 382 g/mol. The molecule has 1 fully saturated rings. The first-order valence-corrected chi connectivity index (χ1v) is 9.99. The number of rotatable bonds is 5. The molecule has 148 valence electrons. The van der Waals surface area contributed by atoms with Crippen LogP contribution in [-0.4, -0.2) is 53.1 Å². The molecule has 0 radical (unpaired) electrons. The van der Waals surface area contributed by atoms with Crippen LogP contribution < -0.4 is 14.8 Å². The van der Waals surface area contributed by atoms with Crippen LogP contribution in [0.15, 0.2) is 30.7 Å². The van der Waals surface area contributed by atoms with Crippen LogP contribution in [0.2, 0.25) is 0 Å². The predicted octanol–water partition coefficient (Wildman–Crippen LogP) is 2.92.